The largest absolute Gasteiger partial charge is 0.484 e. The quantitative estimate of drug-likeness (QED) is 0.388. The van der Waals surface area contributed by atoms with Crippen LogP contribution < -0.4 is 4.74 Å². The molecule has 146 valence electrons. The summed E-state index contributed by atoms with van der Waals surface area (Å²) < 4.78 is 12.2. The highest BCUT2D eigenvalue weighted by atomic mass is 79.9. The van der Waals surface area contributed by atoms with Crippen molar-refractivity contribution in [3.05, 3.63) is 95.1 Å². The Morgan fingerprint density at radius 1 is 1.03 bits per heavy atom. The summed E-state index contributed by atoms with van der Waals surface area (Å²) in [5, 5.41) is 2.16. The van der Waals surface area contributed by atoms with Crippen molar-refractivity contribution >= 4 is 32.6 Å². The van der Waals surface area contributed by atoms with E-state index >= 15 is 0 Å². The number of hydrogen-bond donors (Lipinski definition) is 0. The Balaban J connectivity index is 1.46. The van der Waals surface area contributed by atoms with Gasteiger partial charge in [0, 0.05) is 23.4 Å². The van der Waals surface area contributed by atoms with Gasteiger partial charge in [-0.1, -0.05) is 34.1 Å². The molecular formula is C23H19BrN2O3. The normalized spacial score (nSPS) is 10.8. The van der Waals surface area contributed by atoms with E-state index in [-0.39, 0.29) is 12.5 Å². The maximum absolute atomic E-state index is 12.9. The van der Waals surface area contributed by atoms with Crippen molar-refractivity contribution in [2.75, 3.05) is 6.61 Å². The number of benzene rings is 2. The average molecular weight is 451 g/mol. The first-order valence-electron chi connectivity index (χ1n) is 9.18. The number of halogens is 1. The number of rotatable bonds is 7. The molecule has 0 radical (unpaired) electrons. The van der Waals surface area contributed by atoms with Gasteiger partial charge in [0.25, 0.3) is 5.91 Å². The highest BCUT2D eigenvalue weighted by molar-refractivity contribution is 9.10. The van der Waals surface area contributed by atoms with E-state index in [4.69, 9.17) is 9.15 Å². The van der Waals surface area contributed by atoms with E-state index < -0.39 is 0 Å². The summed E-state index contributed by atoms with van der Waals surface area (Å²) in [5.74, 6) is 1.26. The number of aromatic nitrogens is 1. The lowest BCUT2D eigenvalue weighted by Gasteiger charge is -2.22. The number of carbonyl (C=O) groups is 1. The van der Waals surface area contributed by atoms with Gasteiger partial charge in [0.05, 0.1) is 12.8 Å². The number of furan rings is 1. The number of pyridine rings is 1. The molecule has 4 rings (SSSR count). The molecule has 0 atom stereocenters. The monoisotopic (exact) mass is 450 g/mol. The molecule has 1 amide bonds. The maximum atomic E-state index is 12.9. The van der Waals surface area contributed by atoms with Crippen LogP contribution in [0.4, 0.5) is 0 Å². The van der Waals surface area contributed by atoms with Crippen molar-refractivity contribution in [3.8, 4) is 5.75 Å². The number of hydrogen-bond acceptors (Lipinski definition) is 4. The summed E-state index contributed by atoms with van der Waals surface area (Å²) in [4.78, 5) is 18.7. The van der Waals surface area contributed by atoms with E-state index in [9.17, 15) is 4.79 Å². The van der Waals surface area contributed by atoms with Gasteiger partial charge < -0.3 is 14.1 Å². The smallest absolute Gasteiger partial charge is 0.261 e. The molecule has 0 fully saturated rings. The second-order valence-electron chi connectivity index (χ2n) is 6.63. The van der Waals surface area contributed by atoms with E-state index in [0.29, 0.717) is 18.8 Å². The first-order valence-corrected chi connectivity index (χ1v) is 9.98. The van der Waals surface area contributed by atoms with Crippen LogP contribution in [0.25, 0.3) is 10.8 Å². The van der Waals surface area contributed by atoms with Crippen molar-refractivity contribution in [2.24, 2.45) is 0 Å². The molecule has 0 aliphatic heterocycles. The van der Waals surface area contributed by atoms with Crippen LogP contribution in [0.2, 0.25) is 0 Å². The van der Waals surface area contributed by atoms with Crippen molar-refractivity contribution in [3.63, 3.8) is 0 Å². The predicted molar refractivity (Wildman–Crippen MR) is 114 cm³/mol. The minimum absolute atomic E-state index is 0.0526. The predicted octanol–water partition coefficient (Wildman–Crippen LogP) is 5.20. The molecule has 2 aromatic heterocycles. The van der Waals surface area contributed by atoms with Crippen LogP contribution in [0.15, 0.2) is 88.2 Å². The van der Waals surface area contributed by atoms with Gasteiger partial charge in [-0.05, 0) is 58.8 Å². The summed E-state index contributed by atoms with van der Waals surface area (Å²) in [6, 6.07) is 19.3. The van der Waals surface area contributed by atoms with Crippen LogP contribution >= 0.6 is 15.9 Å². The van der Waals surface area contributed by atoms with Crippen molar-refractivity contribution in [1.82, 2.24) is 9.88 Å². The molecule has 4 aromatic rings. The fourth-order valence-corrected chi connectivity index (χ4v) is 3.43. The van der Waals surface area contributed by atoms with Gasteiger partial charge in [0.2, 0.25) is 0 Å². The maximum Gasteiger partial charge on any atom is 0.261 e. The SMILES string of the molecule is O=C(COc1ccc2cc(Br)ccc2c1)N(Cc1cccnc1)Cc1ccco1. The zero-order valence-electron chi connectivity index (χ0n) is 15.6. The van der Waals surface area contributed by atoms with Gasteiger partial charge in [-0.3, -0.25) is 9.78 Å². The Bertz CT molecular complexity index is 1100. The number of carbonyl (C=O) groups excluding carboxylic acids is 1. The molecule has 0 saturated carbocycles. The zero-order chi connectivity index (χ0) is 20.1. The Morgan fingerprint density at radius 3 is 2.69 bits per heavy atom. The fraction of sp³-hybridized carbons (Fsp3) is 0.130. The third-order valence-electron chi connectivity index (χ3n) is 4.51. The van der Waals surface area contributed by atoms with Crippen LogP contribution in [0, 0.1) is 0 Å². The van der Waals surface area contributed by atoms with Gasteiger partial charge in [-0.15, -0.1) is 0 Å². The van der Waals surface area contributed by atoms with Gasteiger partial charge in [-0.2, -0.15) is 0 Å². The van der Waals surface area contributed by atoms with E-state index in [1.807, 2.05) is 60.7 Å². The van der Waals surface area contributed by atoms with E-state index in [2.05, 4.69) is 20.9 Å². The van der Waals surface area contributed by atoms with E-state index in [0.717, 1.165) is 26.6 Å². The summed E-state index contributed by atoms with van der Waals surface area (Å²) in [6.07, 6.45) is 5.07. The molecule has 2 heterocycles. The minimum Gasteiger partial charge on any atom is -0.484 e. The Kier molecular flexibility index (Phi) is 5.91. The number of fused-ring (bicyclic) bond motifs is 1. The first-order chi connectivity index (χ1) is 14.2. The summed E-state index contributed by atoms with van der Waals surface area (Å²) in [6.45, 7) is 0.751. The Hall–Kier alpha value is -3.12. The van der Waals surface area contributed by atoms with Crippen LogP contribution in [-0.4, -0.2) is 22.4 Å². The van der Waals surface area contributed by atoms with Crippen LogP contribution in [0.5, 0.6) is 5.75 Å². The summed E-state index contributed by atoms with van der Waals surface area (Å²) in [5.41, 5.74) is 0.948. The van der Waals surface area contributed by atoms with Crippen LogP contribution in [0.3, 0.4) is 0 Å². The topological polar surface area (TPSA) is 55.6 Å². The summed E-state index contributed by atoms with van der Waals surface area (Å²) >= 11 is 3.47. The highest BCUT2D eigenvalue weighted by Gasteiger charge is 2.17. The molecule has 0 aliphatic carbocycles. The van der Waals surface area contributed by atoms with E-state index in [1.54, 1.807) is 23.6 Å². The zero-order valence-corrected chi connectivity index (χ0v) is 17.2. The highest BCUT2D eigenvalue weighted by Crippen LogP contribution is 2.24. The third kappa shape index (κ3) is 5.03. The fourth-order valence-electron chi connectivity index (χ4n) is 3.06. The molecule has 0 spiro atoms. The molecule has 5 nitrogen and oxygen atoms in total. The second kappa shape index (κ2) is 8.92. The van der Waals surface area contributed by atoms with E-state index in [1.165, 1.54) is 0 Å². The molecule has 0 saturated heterocycles. The minimum atomic E-state index is -0.124. The van der Waals surface area contributed by atoms with Crippen molar-refractivity contribution in [2.45, 2.75) is 13.1 Å². The van der Waals surface area contributed by atoms with Crippen LogP contribution in [0.1, 0.15) is 11.3 Å². The molecule has 2 aromatic carbocycles. The standard InChI is InChI=1S/C23H19BrN2O3/c24-20-7-5-19-12-21(8-6-18(19)11-20)29-16-23(27)26(15-22-4-2-10-28-22)14-17-3-1-9-25-13-17/h1-13H,14-16H2. The van der Waals surface area contributed by atoms with Gasteiger partial charge in [-0.25, -0.2) is 0 Å². The Labute approximate surface area is 177 Å². The second-order valence-corrected chi connectivity index (χ2v) is 7.55. The van der Waals surface area contributed by atoms with Crippen molar-refractivity contribution in [1.29, 1.82) is 0 Å². The molecule has 6 heteroatoms. The lowest BCUT2D eigenvalue weighted by molar-refractivity contribution is -0.134. The van der Waals surface area contributed by atoms with Crippen LogP contribution in [-0.2, 0) is 17.9 Å². The number of amides is 1. The van der Waals surface area contributed by atoms with Crippen molar-refractivity contribution < 1.29 is 13.9 Å². The molecule has 0 aliphatic rings. The molecule has 0 N–H and O–H groups in total. The lowest BCUT2D eigenvalue weighted by atomic mass is 10.1. The molecular weight excluding hydrogens is 432 g/mol. The molecule has 29 heavy (non-hydrogen) atoms. The third-order valence-corrected chi connectivity index (χ3v) is 5.01. The lowest BCUT2D eigenvalue weighted by Crippen LogP contribution is -2.34. The number of nitrogens with zero attached hydrogens (tertiary/aromatic N) is 2. The van der Waals surface area contributed by atoms with Gasteiger partial charge in [0.15, 0.2) is 6.61 Å². The molecule has 0 unspecified atom stereocenters. The first kappa shape index (κ1) is 19.2. The molecule has 0 bridgehead atoms. The summed E-state index contributed by atoms with van der Waals surface area (Å²) in [7, 11) is 0. The Morgan fingerprint density at radius 2 is 1.90 bits per heavy atom. The number of ether oxygens (including phenoxy) is 1. The van der Waals surface area contributed by atoms with Gasteiger partial charge in [0.1, 0.15) is 11.5 Å². The van der Waals surface area contributed by atoms with Gasteiger partial charge >= 0.3 is 0 Å². The average Bonchev–Trinajstić information content (AvgIpc) is 3.25.